The number of hydrazine groups is 1. The van der Waals surface area contributed by atoms with E-state index in [9.17, 15) is 13.2 Å². The number of hydrogen-bond donors (Lipinski definition) is 3. The standard InChI is InChI=1S/C22H34N4O3S/c27-22(23-21-16-19(24-25-21)14-17-8-3-1-4-9-17)18-10-7-11-20(15-18)30(28,29)26-12-5-2-6-13-26/h7,10-11,15,17,19,21,24-25H,1-6,8-9,12-14,16H2,(H,23,27). The fraction of sp³-hybridized carbons (Fsp3) is 0.682. The first-order chi connectivity index (χ1) is 14.5. The summed E-state index contributed by atoms with van der Waals surface area (Å²) in [5.74, 6) is 0.535. The van der Waals surface area contributed by atoms with Gasteiger partial charge in [-0.2, -0.15) is 4.31 Å². The van der Waals surface area contributed by atoms with E-state index in [2.05, 4.69) is 16.2 Å². The molecule has 1 aliphatic carbocycles. The number of carbonyl (C=O) groups is 1. The lowest BCUT2D eigenvalue weighted by molar-refractivity contribution is 0.0932. The molecule has 0 radical (unpaired) electrons. The highest BCUT2D eigenvalue weighted by molar-refractivity contribution is 7.89. The Balaban J connectivity index is 1.34. The van der Waals surface area contributed by atoms with Crippen molar-refractivity contribution in [2.45, 2.75) is 81.3 Å². The second-order valence-corrected chi connectivity index (χ2v) is 10.9. The summed E-state index contributed by atoms with van der Waals surface area (Å²) in [6.07, 6.45) is 11.3. The van der Waals surface area contributed by atoms with Crippen molar-refractivity contribution in [1.29, 1.82) is 0 Å². The van der Waals surface area contributed by atoms with E-state index in [0.29, 0.717) is 24.7 Å². The van der Waals surface area contributed by atoms with Crippen molar-refractivity contribution < 1.29 is 13.2 Å². The van der Waals surface area contributed by atoms with Gasteiger partial charge in [0.05, 0.1) is 11.1 Å². The summed E-state index contributed by atoms with van der Waals surface area (Å²) in [5.41, 5.74) is 6.89. The van der Waals surface area contributed by atoms with Crippen molar-refractivity contribution >= 4 is 15.9 Å². The monoisotopic (exact) mass is 434 g/mol. The van der Waals surface area contributed by atoms with Gasteiger partial charge in [-0.1, -0.05) is 44.6 Å². The van der Waals surface area contributed by atoms with Gasteiger partial charge >= 0.3 is 0 Å². The van der Waals surface area contributed by atoms with E-state index in [1.165, 1.54) is 42.5 Å². The Kier molecular flexibility index (Phi) is 7.08. The molecule has 2 aliphatic heterocycles. The number of piperidine rings is 1. The van der Waals surface area contributed by atoms with Crippen LogP contribution in [0.1, 0.15) is 74.6 Å². The summed E-state index contributed by atoms with van der Waals surface area (Å²) in [6, 6.07) is 6.77. The summed E-state index contributed by atoms with van der Waals surface area (Å²) in [4.78, 5) is 13.0. The van der Waals surface area contributed by atoms with Crippen molar-refractivity contribution in [2.75, 3.05) is 13.1 Å². The Morgan fingerprint density at radius 2 is 1.77 bits per heavy atom. The molecule has 3 N–H and O–H groups in total. The molecular formula is C22H34N4O3S. The van der Waals surface area contributed by atoms with E-state index in [-0.39, 0.29) is 17.0 Å². The molecule has 2 heterocycles. The lowest BCUT2D eigenvalue weighted by atomic mass is 9.84. The smallest absolute Gasteiger partial charge is 0.252 e. The lowest BCUT2D eigenvalue weighted by Gasteiger charge is -2.26. The Morgan fingerprint density at radius 3 is 2.53 bits per heavy atom. The SMILES string of the molecule is O=C(NC1CC(CC2CCCCC2)NN1)c1cccc(S(=O)(=O)N2CCCCC2)c1. The molecule has 0 aromatic heterocycles. The Hall–Kier alpha value is -1.48. The normalized spacial score (nSPS) is 26.5. The number of amides is 1. The van der Waals surface area contributed by atoms with Crippen molar-refractivity contribution in [2.24, 2.45) is 5.92 Å². The molecule has 3 aliphatic rings. The third kappa shape index (κ3) is 5.22. The first kappa shape index (κ1) is 21.7. The van der Waals surface area contributed by atoms with Gasteiger partial charge in [-0.25, -0.2) is 13.8 Å². The van der Waals surface area contributed by atoms with Gasteiger partial charge in [0.2, 0.25) is 10.0 Å². The largest absolute Gasteiger partial charge is 0.335 e. The number of nitrogens with one attached hydrogen (secondary N) is 3. The molecular weight excluding hydrogens is 400 g/mol. The molecule has 166 valence electrons. The van der Waals surface area contributed by atoms with E-state index in [4.69, 9.17) is 0 Å². The quantitative estimate of drug-likeness (QED) is 0.641. The van der Waals surface area contributed by atoms with Crippen LogP contribution in [0.15, 0.2) is 29.2 Å². The van der Waals surface area contributed by atoms with Gasteiger partial charge in [0.25, 0.3) is 5.91 Å². The van der Waals surface area contributed by atoms with Crippen LogP contribution in [0.3, 0.4) is 0 Å². The molecule has 3 fully saturated rings. The zero-order valence-electron chi connectivity index (χ0n) is 17.6. The fourth-order valence-electron chi connectivity index (χ4n) is 4.99. The molecule has 30 heavy (non-hydrogen) atoms. The average Bonchev–Trinajstić information content (AvgIpc) is 3.21. The summed E-state index contributed by atoms with van der Waals surface area (Å²) >= 11 is 0. The Labute approximate surface area is 180 Å². The molecule has 2 saturated heterocycles. The minimum atomic E-state index is -3.55. The number of carbonyl (C=O) groups excluding carboxylic acids is 1. The van der Waals surface area contributed by atoms with E-state index < -0.39 is 10.0 Å². The molecule has 0 bridgehead atoms. The lowest BCUT2D eigenvalue weighted by Crippen LogP contribution is -2.44. The van der Waals surface area contributed by atoms with Gasteiger partial charge in [-0.15, -0.1) is 0 Å². The van der Waals surface area contributed by atoms with E-state index >= 15 is 0 Å². The highest BCUT2D eigenvalue weighted by atomic mass is 32.2. The zero-order valence-corrected chi connectivity index (χ0v) is 18.4. The van der Waals surface area contributed by atoms with Crippen LogP contribution in [0.4, 0.5) is 0 Å². The molecule has 0 spiro atoms. The molecule has 1 aromatic carbocycles. The van der Waals surface area contributed by atoms with E-state index in [0.717, 1.165) is 38.0 Å². The number of benzene rings is 1. The average molecular weight is 435 g/mol. The Morgan fingerprint density at radius 1 is 1.03 bits per heavy atom. The fourth-order valence-corrected chi connectivity index (χ4v) is 6.55. The predicted molar refractivity (Wildman–Crippen MR) is 116 cm³/mol. The van der Waals surface area contributed by atoms with Crippen molar-refractivity contribution in [3.8, 4) is 0 Å². The number of hydrogen-bond acceptors (Lipinski definition) is 5. The molecule has 1 saturated carbocycles. The molecule has 1 aromatic rings. The maximum atomic E-state index is 12.9. The summed E-state index contributed by atoms with van der Waals surface area (Å²) in [7, 11) is -3.55. The first-order valence-corrected chi connectivity index (χ1v) is 12.9. The molecule has 2 unspecified atom stereocenters. The summed E-state index contributed by atoms with van der Waals surface area (Å²) in [5, 5.41) is 3.00. The molecule has 7 nitrogen and oxygen atoms in total. The van der Waals surface area contributed by atoms with Crippen molar-refractivity contribution in [1.82, 2.24) is 20.5 Å². The molecule has 1 amide bonds. The van der Waals surface area contributed by atoms with Crippen LogP contribution in [0.5, 0.6) is 0 Å². The number of rotatable bonds is 6. The van der Waals surface area contributed by atoms with Gasteiger partial charge in [-0.3, -0.25) is 10.2 Å². The topological polar surface area (TPSA) is 90.5 Å². The number of sulfonamides is 1. The van der Waals surface area contributed by atoms with E-state index in [1.807, 2.05) is 0 Å². The molecule has 2 atom stereocenters. The predicted octanol–water partition coefficient (Wildman–Crippen LogP) is 2.75. The van der Waals surface area contributed by atoms with Crippen LogP contribution >= 0.6 is 0 Å². The second-order valence-electron chi connectivity index (χ2n) is 8.98. The summed E-state index contributed by atoms with van der Waals surface area (Å²) in [6.45, 7) is 1.11. The maximum Gasteiger partial charge on any atom is 0.252 e. The number of nitrogens with zero attached hydrogens (tertiary/aromatic N) is 1. The first-order valence-electron chi connectivity index (χ1n) is 11.4. The summed E-state index contributed by atoms with van der Waals surface area (Å²) < 4.78 is 27.4. The molecule has 8 heteroatoms. The van der Waals surface area contributed by atoms with Gasteiger partial charge in [0, 0.05) is 24.7 Å². The van der Waals surface area contributed by atoms with Crippen LogP contribution in [-0.2, 0) is 10.0 Å². The van der Waals surface area contributed by atoms with Crippen LogP contribution < -0.4 is 16.2 Å². The van der Waals surface area contributed by atoms with Gasteiger partial charge in [0.1, 0.15) is 0 Å². The van der Waals surface area contributed by atoms with E-state index in [1.54, 1.807) is 18.2 Å². The van der Waals surface area contributed by atoms with Crippen LogP contribution in [0.2, 0.25) is 0 Å². The maximum absolute atomic E-state index is 12.9. The van der Waals surface area contributed by atoms with Gasteiger partial charge < -0.3 is 5.32 Å². The third-order valence-corrected chi connectivity index (χ3v) is 8.57. The van der Waals surface area contributed by atoms with Crippen molar-refractivity contribution in [3.63, 3.8) is 0 Å². The minimum absolute atomic E-state index is 0.145. The van der Waals surface area contributed by atoms with Crippen LogP contribution in [-0.4, -0.2) is 43.9 Å². The highest BCUT2D eigenvalue weighted by Crippen LogP contribution is 2.29. The highest BCUT2D eigenvalue weighted by Gasteiger charge is 2.29. The third-order valence-electron chi connectivity index (χ3n) is 6.68. The van der Waals surface area contributed by atoms with Crippen LogP contribution in [0.25, 0.3) is 0 Å². The zero-order chi connectivity index (χ0) is 21.0. The Bertz CT molecular complexity index is 833. The van der Waals surface area contributed by atoms with Gasteiger partial charge in [-0.05, 0) is 49.8 Å². The second kappa shape index (κ2) is 9.77. The molecule has 4 rings (SSSR count). The van der Waals surface area contributed by atoms with Crippen molar-refractivity contribution in [3.05, 3.63) is 29.8 Å². The van der Waals surface area contributed by atoms with Crippen LogP contribution in [0, 0.1) is 5.92 Å². The van der Waals surface area contributed by atoms with Gasteiger partial charge in [0.15, 0.2) is 0 Å². The minimum Gasteiger partial charge on any atom is -0.335 e.